The van der Waals surface area contributed by atoms with Crippen LogP contribution in [0.25, 0.3) is 0 Å². The molecule has 110 valence electrons. The van der Waals surface area contributed by atoms with Crippen LogP contribution in [-0.4, -0.2) is 27.5 Å². The lowest BCUT2D eigenvalue weighted by Crippen LogP contribution is -2.27. The number of unbranched alkanes of at least 4 members (excludes halogenated alkanes) is 1. The molecule has 0 aromatic carbocycles. The summed E-state index contributed by atoms with van der Waals surface area (Å²) >= 11 is 1.88. The fourth-order valence-corrected chi connectivity index (χ4v) is 3.26. The number of hydrogen-bond acceptors (Lipinski definition) is 3. The highest BCUT2D eigenvalue weighted by Crippen LogP contribution is 2.18. The summed E-state index contributed by atoms with van der Waals surface area (Å²) in [6.07, 6.45) is 7.45. The molecule has 0 aliphatic carbocycles. The average Bonchev–Trinajstić information content (AvgIpc) is 3.02. The first-order valence-corrected chi connectivity index (χ1v) is 8.30. The van der Waals surface area contributed by atoms with Crippen molar-refractivity contribution < 1.29 is 0 Å². The van der Waals surface area contributed by atoms with Gasteiger partial charge in [-0.25, -0.2) is 4.98 Å². The van der Waals surface area contributed by atoms with E-state index in [0.717, 1.165) is 19.5 Å². The standard InChI is InChI=1S/C16H25N3S/c1-4-5-9-19(13-15-14(2)7-12-20-15)10-6-16-17-8-11-18(16)3/h7-8,11-12H,4-6,9-10,13H2,1-3H3. The maximum atomic E-state index is 4.42. The van der Waals surface area contributed by atoms with Crippen LogP contribution < -0.4 is 0 Å². The Morgan fingerprint density at radius 1 is 1.35 bits per heavy atom. The van der Waals surface area contributed by atoms with E-state index < -0.39 is 0 Å². The normalized spacial score (nSPS) is 11.4. The van der Waals surface area contributed by atoms with Crippen molar-refractivity contribution in [3.63, 3.8) is 0 Å². The zero-order valence-electron chi connectivity index (χ0n) is 12.8. The molecule has 2 heterocycles. The molecule has 2 aromatic rings. The number of aromatic nitrogens is 2. The number of thiophene rings is 1. The van der Waals surface area contributed by atoms with Crippen LogP contribution in [-0.2, 0) is 20.0 Å². The molecule has 0 atom stereocenters. The lowest BCUT2D eigenvalue weighted by molar-refractivity contribution is 0.264. The molecule has 0 aliphatic heterocycles. The molecule has 20 heavy (non-hydrogen) atoms. The highest BCUT2D eigenvalue weighted by molar-refractivity contribution is 7.10. The van der Waals surface area contributed by atoms with E-state index in [1.807, 2.05) is 23.7 Å². The second-order valence-corrected chi connectivity index (χ2v) is 6.36. The first-order chi connectivity index (χ1) is 9.70. The van der Waals surface area contributed by atoms with Crippen molar-refractivity contribution in [2.24, 2.45) is 7.05 Å². The number of hydrogen-bond donors (Lipinski definition) is 0. The van der Waals surface area contributed by atoms with Crippen molar-refractivity contribution in [1.82, 2.24) is 14.5 Å². The fourth-order valence-electron chi connectivity index (χ4n) is 2.32. The van der Waals surface area contributed by atoms with Gasteiger partial charge in [0.25, 0.3) is 0 Å². The molecule has 3 nitrogen and oxygen atoms in total. The van der Waals surface area contributed by atoms with Crippen LogP contribution in [0.5, 0.6) is 0 Å². The fraction of sp³-hybridized carbons (Fsp3) is 0.562. The first-order valence-electron chi connectivity index (χ1n) is 7.42. The van der Waals surface area contributed by atoms with Gasteiger partial charge in [0.15, 0.2) is 0 Å². The van der Waals surface area contributed by atoms with Gasteiger partial charge in [-0.2, -0.15) is 0 Å². The molecule has 0 fully saturated rings. The molecule has 0 spiro atoms. The van der Waals surface area contributed by atoms with E-state index in [2.05, 4.69) is 46.8 Å². The highest BCUT2D eigenvalue weighted by atomic mass is 32.1. The molecule has 0 saturated heterocycles. The number of imidazole rings is 1. The zero-order valence-corrected chi connectivity index (χ0v) is 13.6. The van der Waals surface area contributed by atoms with Crippen LogP contribution in [0.15, 0.2) is 23.8 Å². The van der Waals surface area contributed by atoms with Gasteiger partial charge in [-0.05, 0) is 36.9 Å². The van der Waals surface area contributed by atoms with Gasteiger partial charge in [0, 0.05) is 43.8 Å². The molecule has 2 aromatic heterocycles. The minimum atomic E-state index is 1.03. The second kappa shape index (κ2) is 7.60. The summed E-state index contributed by atoms with van der Waals surface area (Å²) in [7, 11) is 2.07. The van der Waals surface area contributed by atoms with E-state index in [1.54, 1.807) is 0 Å². The number of rotatable bonds is 8. The summed E-state index contributed by atoms with van der Waals surface area (Å²) in [6, 6.07) is 2.22. The van der Waals surface area contributed by atoms with Crippen molar-refractivity contribution in [2.45, 2.75) is 39.7 Å². The molecule has 0 bridgehead atoms. The summed E-state index contributed by atoms with van der Waals surface area (Å²) in [4.78, 5) is 8.49. The molecule has 0 N–H and O–H groups in total. The zero-order chi connectivity index (χ0) is 14.4. The third-order valence-corrected chi connectivity index (χ3v) is 4.74. The Morgan fingerprint density at radius 3 is 2.80 bits per heavy atom. The lowest BCUT2D eigenvalue weighted by Gasteiger charge is -2.21. The quantitative estimate of drug-likeness (QED) is 0.740. The van der Waals surface area contributed by atoms with Crippen LogP contribution in [0, 0.1) is 6.92 Å². The Labute approximate surface area is 126 Å². The molecule has 4 heteroatoms. The minimum absolute atomic E-state index is 1.03. The second-order valence-electron chi connectivity index (χ2n) is 5.36. The SMILES string of the molecule is CCCCN(CCc1nccn1C)Cc1sccc1C. The molecular formula is C16H25N3S. The van der Waals surface area contributed by atoms with Gasteiger partial charge < -0.3 is 4.57 Å². The van der Waals surface area contributed by atoms with E-state index in [-0.39, 0.29) is 0 Å². The largest absolute Gasteiger partial charge is 0.338 e. The molecule has 0 amide bonds. The number of aryl methyl sites for hydroxylation is 2. The van der Waals surface area contributed by atoms with Gasteiger partial charge in [0.2, 0.25) is 0 Å². The summed E-state index contributed by atoms with van der Waals surface area (Å²) in [5.41, 5.74) is 1.42. The molecule has 0 saturated carbocycles. The predicted octanol–water partition coefficient (Wildman–Crippen LogP) is 3.63. The Hall–Kier alpha value is -1.13. The Morgan fingerprint density at radius 2 is 2.20 bits per heavy atom. The van der Waals surface area contributed by atoms with E-state index in [9.17, 15) is 0 Å². The molecule has 0 unspecified atom stereocenters. The van der Waals surface area contributed by atoms with Crippen LogP contribution >= 0.6 is 11.3 Å². The Balaban J connectivity index is 1.93. The average molecular weight is 291 g/mol. The Kier molecular flexibility index (Phi) is 5.80. The van der Waals surface area contributed by atoms with E-state index in [1.165, 1.54) is 35.7 Å². The van der Waals surface area contributed by atoms with E-state index in [4.69, 9.17) is 0 Å². The van der Waals surface area contributed by atoms with Gasteiger partial charge in [0.1, 0.15) is 5.82 Å². The van der Waals surface area contributed by atoms with Gasteiger partial charge >= 0.3 is 0 Å². The maximum absolute atomic E-state index is 4.42. The van der Waals surface area contributed by atoms with Crippen LogP contribution in [0.2, 0.25) is 0 Å². The van der Waals surface area contributed by atoms with Crippen molar-refractivity contribution in [3.8, 4) is 0 Å². The minimum Gasteiger partial charge on any atom is -0.338 e. The maximum Gasteiger partial charge on any atom is 0.109 e. The molecule has 2 rings (SSSR count). The van der Waals surface area contributed by atoms with E-state index in [0.29, 0.717) is 0 Å². The van der Waals surface area contributed by atoms with Crippen molar-refractivity contribution in [2.75, 3.05) is 13.1 Å². The summed E-state index contributed by atoms with van der Waals surface area (Å²) in [5.74, 6) is 1.18. The molecular weight excluding hydrogens is 266 g/mol. The van der Waals surface area contributed by atoms with Gasteiger partial charge in [-0.15, -0.1) is 11.3 Å². The monoisotopic (exact) mass is 291 g/mol. The van der Waals surface area contributed by atoms with Crippen LogP contribution in [0.4, 0.5) is 0 Å². The summed E-state index contributed by atoms with van der Waals surface area (Å²) in [5, 5.41) is 2.20. The lowest BCUT2D eigenvalue weighted by atomic mass is 10.2. The summed E-state index contributed by atoms with van der Waals surface area (Å²) < 4.78 is 2.12. The van der Waals surface area contributed by atoms with Crippen molar-refractivity contribution in [1.29, 1.82) is 0 Å². The van der Waals surface area contributed by atoms with Gasteiger partial charge in [0.05, 0.1) is 0 Å². The topological polar surface area (TPSA) is 21.1 Å². The van der Waals surface area contributed by atoms with Crippen molar-refractivity contribution in [3.05, 3.63) is 40.1 Å². The van der Waals surface area contributed by atoms with Gasteiger partial charge in [-0.1, -0.05) is 13.3 Å². The third-order valence-electron chi connectivity index (χ3n) is 3.74. The molecule has 0 aliphatic rings. The number of nitrogens with zero attached hydrogens (tertiary/aromatic N) is 3. The molecule has 0 radical (unpaired) electrons. The first kappa shape index (κ1) is 15.3. The highest BCUT2D eigenvalue weighted by Gasteiger charge is 2.10. The van der Waals surface area contributed by atoms with Crippen molar-refractivity contribution >= 4 is 11.3 Å². The summed E-state index contributed by atoms with van der Waals surface area (Å²) in [6.45, 7) is 7.81. The van der Waals surface area contributed by atoms with Gasteiger partial charge in [-0.3, -0.25) is 4.90 Å². The van der Waals surface area contributed by atoms with Crippen LogP contribution in [0.3, 0.4) is 0 Å². The smallest absolute Gasteiger partial charge is 0.109 e. The third kappa shape index (κ3) is 4.18. The van der Waals surface area contributed by atoms with Crippen LogP contribution in [0.1, 0.15) is 36.0 Å². The predicted molar refractivity (Wildman–Crippen MR) is 86.2 cm³/mol. The Bertz CT molecular complexity index is 515. The van der Waals surface area contributed by atoms with E-state index >= 15 is 0 Å².